The van der Waals surface area contributed by atoms with Gasteiger partial charge in [-0.2, -0.15) is 0 Å². The van der Waals surface area contributed by atoms with E-state index >= 15 is 0 Å². The second-order valence-electron chi connectivity index (χ2n) is 5.29. The van der Waals surface area contributed by atoms with Crippen LogP contribution in [0.2, 0.25) is 0 Å². The molecule has 1 aromatic carbocycles. The fraction of sp³-hybridized carbons (Fsp3) is 0.562. The molecule has 0 fully saturated rings. The zero-order chi connectivity index (χ0) is 16.4. The minimum absolute atomic E-state index is 0.0425. The van der Waals surface area contributed by atoms with Gasteiger partial charge in [0.2, 0.25) is 0 Å². The Bertz CT molecular complexity index is 474. The van der Waals surface area contributed by atoms with E-state index in [0.29, 0.717) is 18.2 Å². The number of carbonyl (C=O) groups is 1. The van der Waals surface area contributed by atoms with Gasteiger partial charge in [-0.3, -0.25) is 10.1 Å². The summed E-state index contributed by atoms with van der Waals surface area (Å²) in [5.74, 6) is -0.463. The van der Waals surface area contributed by atoms with E-state index in [1.807, 2.05) is 0 Å². The molecule has 1 unspecified atom stereocenters. The minimum atomic E-state index is -0.501. The van der Waals surface area contributed by atoms with E-state index in [-0.39, 0.29) is 12.3 Å². The van der Waals surface area contributed by atoms with Gasteiger partial charge < -0.3 is 10.1 Å². The van der Waals surface area contributed by atoms with Crippen molar-refractivity contribution < 1.29 is 14.5 Å². The van der Waals surface area contributed by atoms with Crippen molar-refractivity contribution in [2.24, 2.45) is 0 Å². The predicted molar refractivity (Wildman–Crippen MR) is 85.0 cm³/mol. The Morgan fingerprint density at radius 3 is 2.59 bits per heavy atom. The molecule has 6 nitrogen and oxygen atoms in total. The Hall–Kier alpha value is -1.95. The van der Waals surface area contributed by atoms with Crippen molar-refractivity contribution in [1.29, 1.82) is 0 Å². The van der Waals surface area contributed by atoms with Crippen molar-refractivity contribution in [2.75, 3.05) is 13.2 Å². The van der Waals surface area contributed by atoms with Crippen LogP contribution in [0.25, 0.3) is 0 Å². The molecule has 1 aromatic rings. The number of esters is 1. The highest BCUT2D eigenvalue weighted by molar-refractivity contribution is 5.89. The van der Waals surface area contributed by atoms with Crippen molar-refractivity contribution in [3.8, 4) is 0 Å². The molecule has 22 heavy (non-hydrogen) atoms. The molecule has 6 heteroatoms. The van der Waals surface area contributed by atoms with Crippen LogP contribution in [0.5, 0.6) is 0 Å². The molecular weight excluding hydrogens is 284 g/mol. The summed E-state index contributed by atoms with van der Waals surface area (Å²) >= 11 is 0. The normalized spacial score (nSPS) is 11.9. The van der Waals surface area contributed by atoms with E-state index in [4.69, 9.17) is 4.74 Å². The topological polar surface area (TPSA) is 81.5 Å². The molecule has 0 spiro atoms. The number of non-ortho nitro benzene ring substituents is 1. The highest BCUT2D eigenvalue weighted by atomic mass is 16.6. The second kappa shape index (κ2) is 9.89. The van der Waals surface area contributed by atoms with Gasteiger partial charge in [-0.15, -0.1) is 0 Å². The van der Waals surface area contributed by atoms with Crippen molar-refractivity contribution in [3.63, 3.8) is 0 Å². The number of hydrogen-bond donors (Lipinski definition) is 1. The quantitative estimate of drug-likeness (QED) is 0.310. The van der Waals surface area contributed by atoms with E-state index in [9.17, 15) is 14.9 Å². The predicted octanol–water partition coefficient (Wildman–Crippen LogP) is 3.31. The minimum Gasteiger partial charge on any atom is -0.461 e. The monoisotopic (exact) mass is 308 g/mol. The maximum atomic E-state index is 11.8. The Morgan fingerprint density at radius 1 is 1.32 bits per heavy atom. The zero-order valence-corrected chi connectivity index (χ0v) is 13.2. The van der Waals surface area contributed by atoms with Crippen LogP contribution in [0.15, 0.2) is 24.3 Å². The summed E-state index contributed by atoms with van der Waals surface area (Å²) in [5, 5.41) is 13.8. The summed E-state index contributed by atoms with van der Waals surface area (Å²) in [4.78, 5) is 21.8. The second-order valence-corrected chi connectivity index (χ2v) is 5.29. The Labute approximate surface area is 131 Å². The van der Waals surface area contributed by atoms with Crippen molar-refractivity contribution in [2.45, 2.75) is 45.6 Å². The summed E-state index contributed by atoms with van der Waals surface area (Å²) in [5.41, 5.74) is 0.278. The van der Waals surface area contributed by atoms with E-state index < -0.39 is 10.9 Å². The summed E-state index contributed by atoms with van der Waals surface area (Å²) < 4.78 is 5.13. The van der Waals surface area contributed by atoms with E-state index in [2.05, 4.69) is 19.2 Å². The number of nitro groups is 1. The zero-order valence-electron chi connectivity index (χ0n) is 13.2. The average molecular weight is 308 g/mol. The van der Waals surface area contributed by atoms with Crippen LogP contribution in [0.1, 0.15) is 49.9 Å². The third-order valence-electron chi connectivity index (χ3n) is 3.38. The summed E-state index contributed by atoms with van der Waals surface area (Å²) in [6.45, 7) is 5.18. The molecule has 0 heterocycles. The summed E-state index contributed by atoms with van der Waals surface area (Å²) in [6.07, 6.45) is 4.76. The summed E-state index contributed by atoms with van der Waals surface area (Å²) in [6, 6.07) is 5.81. The largest absolute Gasteiger partial charge is 0.461 e. The van der Waals surface area contributed by atoms with Crippen LogP contribution in [-0.4, -0.2) is 30.1 Å². The van der Waals surface area contributed by atoms with Gasteiger partial charge in [0.15, 0.2) is 0 Å². The Morgan fingerprint density at radius 2 is 2.00 bits per heavy atom. The number of nitro benzene ring substituents is 1. The smallest absolute Gasteiger partial charge is 0.338 e. The number of ether oxygens (including phenoxy) is 1. The molecular formula is C16H24N2O4. The van der Waals surface area contributed by atoms with Gasteiger partial charge in [-0.25, -0.2) is 4.79 Å². The maximum Gasteiger partial charge on any atom is 0.338 e. The Balaban J connectivity index is 2.24. The lowest BCUT2D eigenvalue weighted by Crippen LogP contribution is -2.30. The molecule has 0 aliphatic heterocycles. The molecule has 0 radical (unpaired) electrons. The van der Waals surface area contributed by atoms with Gasteiger partial charge in [-0.1, -0.05) is 26.2 Å². The van der Waals surface area contributed by atoms with Gasteiger partial charge in [0.25, 0.3) is 5.69 Å². The van der Waals surface area contributed by atoms with Crippen LogP contribution in [0.3, 0.4) is 0 Å². The number of benzene rings is 1. The first-order chi connectivity index (χ1) is 10.5. The van der Waals surface area contributed by atoms with Crippen LogP contribution in [0.4, 0.5) is 5.69 Å². The highest BCUT2D eigenvalue weighted by Crippen LogP contribution is 2.12. The SMILES string of the molecule is CCCCCC(C)NCCOC(=O)c1ccc([N+](=O)[O-])cc1. The molecule has 0 aliphatic carbocycles. The van der Waals surface area contributed by atoms with E-state index in [1.165, 1.54) is 43.5 Å². The highest BCUT2D eigenvalue weighted by Gasteiger charge is 2.10. The number of nitrogens with one attached hydrogen (secondary N) is 1. The molecule has 122 valence electrons. The molecule has 1 N–H and O–H groups in total. The van der Waals surface area contributed by atoms with Crippen LogP contribution in [-0.2, 0) is 4.74 Å². The van der Waals surface area contributed by atoms with Gasteiger partial charge in [0.1, 0.15) is 6.61 Å². The summed E-state index contributed by atoms with van der Waals surface area (Å²) in [7, 11) is 0. The van der Waals surface area contributed by atoms with E-state index in [1.54, 1.807) is 0 Å². The van der Waals surface area contributed by atoms with Crippen molar-refractivity contribution in [3.05, 3.63) is 39.9 Å². The van der Waals surface area contributed by atoms with Gasteiger partial charge in [-0.05, 0) is 25.5 Å². The van der Waals surface area contributed by atoms with E-state index in [0.717, 1.165) is 6.42 Å². The fourth-order valence-electron chi connectivity index (χ4n) is 2.05. The van der Waals surface area contributed by atoms with Crippen LogP contribution < -0.4 is 5.32 Å². The number of carbonyl (C=O) groups excluding carboxylic acids is 1. The first kappa shape index (κ1) is 18.1. The van der Waals surface area contributed by atoms with Gasteiger partial charge >= 0.3 is 5.97 Å². The lowest BCUT2D eigenvalue weighted by atomic mass is 10.1. The molecule has 1 atom stereocenters. The lowest BCUT2D eigenvalue weighted by molar-refractivity contribution is -0.384. The lowest BCUT2D eigenvalue weighted by Gasteiger charge is -2.13. The molecule has 0 bridgehead atoms. The number of hydrogen-bond acceptors (Lipinski definition) is 5. The third-order valence-corrected chi connectivity index (χ3v) is 3.38. The number of nitrogens with zero attached hydrogens (tertiary/aromatic N) is 1. The molecule has 1 rings (SSSR count). The molecule has 0 aromatic heterocycles. The van der Waals surface area contributed by atoms with Crippen molar-refractivity contribution in [1.82, 2.24) is 5.32 Å². The maximum absolute atomic E-state index is 11.8. The average Bonchev–Trinajstić information content (AvgIpc) is 2.51. The standard InChI is InChI=1S/C16H24N2O4/c1-3-4-5-6-13(2)17-11-12-22-16(19)14-7-9-15(10-8-14)18(20)21/h7-10,13,17H,3-6,11-12H2,1-2H3. The molecule has 0 saturated heterocycles. The number of rotatable bonds is 10. The molecule has 0 saturated carbocycles. The van der Waals surface area contributed by atoms with Crippen LogP contribution >= 0.6 is 0 Å². The van der Waals surface area contributed by atoms with Gasteiger partial charge in [0.05, 0.1) is 10.5 Å². The fourth-order valence-corrected chi connectivity index (χ4v) is 2.05. The molecule has 0 aliphatic rings. The number of unbranched alkanes of at least 4 members (excludes halogenated alkanes) is 2. The Kier molecular flexibility index (Phi) is 8.14. The first-order valence-corrected chi connectivity index (χ1v) is 7.69. The van der Waals surface area contributed by atoms with Crippen molar-refractivity contribution >= 4 is 11.7 Å². The van der Waals surface area contributed by atoms with Gasteiger partial charge in [0, 0.05) is 24.7 Å². The van der Waals surface area contributed by atoms with Crippen LogP contribution in [0, 0.1) is 10.1 Å². The first-order valence-electron chi connectivity index (χ1n) is 7.69. The molecule has 0 amide bonds. The third kappa shape index (κ3) is 6.67.